The van der Waals surface area contributed by atoms with E-state index in [1.807, 2.05) is 12.5 Å². The Morgan fingerprint density at radius 1 is 1.13 bits per heavy atom. The molecule has 0 aromatic carbocycles. The number of hydrogen-bond acceptors (Lipinski definition) is 4. The maximum atomic E-state index is 11.3. The van der Waals surface area contributed by atoms with Gasteiger partial charge in [-0.3, -0.25) is 4.79 Å². The van der Waals surface area contributed by atoms with E-state index < -0.39 is 5.41 Å². The second-order valence-corrected chi connectivity index (χ2v) is 6.71. The average molecular weight is 235 g/mol. The molecule has 0 amide bonds. The summed E-state index contributed by atoms with van der Waals surface area (Å²) in [6.45, 7) is 4.94. The van der Waals surface area contributed by atoms with Gasteiger partial charge in [-0.1, -0.05) is 0 Å². The van der Waals surface area contributed by atoms with Crippen molar-refractivity contribution in [1.82, 2.24) is 0 Å². The van der Waals surface area contributed by atoms with E-state index in [4.69, 9.17) is 9.47 Å². The van der Waals surface area contributed by atoms with Crippen LogP contribution in [0.15, 0.2) is 0 Å². The normalized spacial score (nSPS) is 11.3. The van der Waals surface area contributed by atoms with Crippen LogP contribution in [0.4, 0.5) is 0 Å². The minimum Gasteiger partial charge on any atom is -0.427 e. The lowest BCUT2D eigenvalue weighted by Crippen LogP contribution is -2.26. The van der Waals surface area contributed by atoms with Crippen molar-refractivity contribution in [2.45, 2.75) is 20.8 Å². The third-order valence-corrected chi connectivity index (χ3v) is 2.24. The molecule has 0 atom stereocenters. The molecule has 0 bridgehead atoms. The molecule has 15 heavy (non-hydrogen) atoms. The van der Waals surface area contributed by atoms with E-state index in [2.05, 4.69) is 0 Å². The third kappa shape index (κ3) is 7.25. The third-order valence-electron chi connectivity index (χ3n) is 1.43. The van der Waals surface area contributed by atoms with Crippen LogP contribution in [-0.4, -0.2) is 37.0 Å². The summed E-state index contributed by atoms with van der Waals surface area (Å²) in [5.41, 5.74) is -0.563. The van der Waals surface area contributed by atoms with Crippen LogP contribution in [0.25, 0.3) is 0 Å². The van der Waals surface area contributed by atoms with E-state index in [0.717, 1.165) is 0 Å². The van der Waals surface area contributed by atoms with Crippen LogP contribution in [0.1, 0.15) is 20.8 Å². The summed E-state index contributed by atoms with van der Waals surface area (Å²) in [5.74, 6) is -0.333. The van der Waals surface area contributed by atoms with E-state index in [1.54, 1.807) is 20.8 Å². The summed E-state index contributed by atoms with van der Waals surface area (Å²) in [4.78, 5) is 22.3. The Morgan fingerprint density at radius 3 is 2.07 bits per heavy atom. The summed E-state index contributed by atoms with van der Waals surface area (Å²) in [5, 5.41) is 0. The lowest BCUT2D eigenvalue weighted by atomic mass is 9.98. The van der Waals surface area contributed by atoms with Gasteiger partial charge >= 0.3 is 11.9 Å². The second kappa shape index (κ2) is 6.00. The topological polar surface area (TPSA) is 52.6 Å². The Kier molecular flexibility index (Phi) is 5.72. The Bertz CT molecular complexity index is 230. The van der Waals surface area contributed by atoms with Gasteiger partial charge in [-0.2, -0.15) is 0 Å². The van der Waals surface area contributed by atoms with E-state index in [1.165, 1.54) is 0 Å². The van der Waals surface area contributed by atoms with Gasteiger partial charge < -0.3 is 9.47 Å². The van der Waals surface area contributed by atoms with Gasteiger partial charge in [0.15, 0.2) is 0 Å². The molecule has 0 aliphatic heterocycles. The molecule has 0 aromatic heterocycles. The highest BCUT2D eigenvalue weighted by atomic mass is 32.2. The quantitative estimate of drug-likeness (QED) is 0.413. The smallest absolute Gasteiger partial charge is 0.359 e. The Morgan fingerprint density at radius 2 is 1.67 bits per heavy atom. The molecule has 5 heteroatoms. The van der Waals surface area contributed by atoms with E-state index in [0.29, 0.717) is 5.75 Å². The molecule has 0 N–H and O–H groups in total. The number of carbonyl (C=O) groups is 2. The minimum absolute atomic E-state index is 0.00806. The number of carbonyl (C=O) groups excluding carboxylic acids is 2. The average Bonchev–Trinajstić information content (AvgIpc) is 2.00. The van der Waals surface area contributed by atoms with Crippen molar-refractivity contribution in [3.05, 3.63) is 0 Å². The molecule has 0 rings (SSSR count). The first-order chi connectivity index (χ1) is 6.73. The summed E-state index contributed by atoms with van der Waals surface area (Å²) in [7, 11) is 0.00806. The standard InChI is InChI=1S/C10H19O4S/c1-10(2,3)9(12)14-7-13-8(11)6-15(4)5/h6-7H2,1-5H3/q+1. The molecule has 0 heterocycles. The van der Waals surface area contributed by atoms with Gasteiger partial charge in [0.2, 0.25) is 12.5 Å². The summed E-state index contributed by atoms with van der Waals surface area (Å²) >= 11 is 0. The van der Waals surface area contributed by atoms with Crippen LogP contribution in [0.5, 0.6) is 0 Å². The summed E-state index contributed by atoms with van der Waals surface area (Å²) in [6, 6.07) is 0. The largest absolute Gasteiger partial charge is 0.427 e. The second-order valence-electron chi connectivity index (χ2n) is 4.45. The Labute approximate surface area is 93.7 Å². The Balaban J connectivity index is 3.72. The van der Waals surface area contributed by atoms with Crippen molar-refractivity contribution in [3.63, 3.8) is 0 Å². The lowest BCUT2D eigenvalue weighted by molar-refractivity contribution is -0.171. The summed E-state index contributed by atoms with van der Waals surface area (Å²) < 4.78 is 9.52. The van der Waals surface area contributed by atoms with Crippen molar-refractivity contribution in [2.75, 3.05) is 25.1 Å². The fourth-order valence-electron chi connectivity index (χ4n) is 0.643. The van der Waals surface area contributed by atoms with Gasteiger partial charge in [-0.15, -0.1) is 0 Å². The molecule has 4 nitrogen and oxygen atoms in total. The van der Waals surface area contributed by atoms with E-state index in [9.17, 15) is 9.59 Å². The number of rotatable bonds is 4. The van der Waals surface area contributed by atoms with Crippen LogP contribution in [0.2, 0.25) is 0 Å². The van der Waals surface area contributed by atoms with Crippen molar-refractivity contribution < 1.29 is 19.1 Å². The molecule has 0 unspecified atom stereocenters. The van der Waals surface area contributed by atoms with Crippen molar-refractivity contribution >= 4 is 22.8 Å². The maximum Gasteiger partial charge on any atom is 0.359 e. The van der Waals surface area contributed by atoms with Crippen LogP contribution in [-0.2, 0) is 30.0 Å². The van der Waals surface area contributed by atoms with Crippen LogP contribution < -0.4 is 0 Å². The predicted octanol–water partition coefficient (Wildman–Crippen LogP) is 0.954. The zero-order valence-electron chi connectivity index (χ0n) is 9.96. The highest BCUT2D eigenvalue weighted by molar-refractivity contribution is 7.96. The predicted molar refractivity (Wildman–Crippen MR) is 60.6 cm³/mol. The van der Waals surface area contributed by atoms with Crippen molar-refractivity contribution in [3.8, 4) is 0 Å². The van der Waals surface area contributed by atoms with Gasteiger partial charge in [0.25, 0.3) is 0 Å². The number of ether oxygens (including phenoxy) is 2. The fraction of sp³-hybridized carbons (Fsp3) is 0.800. The monoisotopic (exact) mass is 235 g/mol. The van der Waals surface area contributed by atoms with Gasteiger partial charge in [0.05, 0.1) is 17.9 Å². The van der Waals surface area contributed by atoms with Crippen molar-refractivity contribution in [1.29, 1.82) is 0 Å². The van der Waals surface area contributed by atoms with Crippen molar-refractivity contribution in [2.24, 2.45) is 5.41 Å². The molecule has 0 spiro atoms. The fourth-order valence-corrected chi connectivity index (χ4v) is 1.20. The first kappa shape index (κ1) is 14.3. The molecule has 0 saturated heterocycles. The highest BCUT2D eigenvalue weighted by Crippen LogP contribution is 2.14. The minimum atomic E-state index is -0.563. The maximum absolute atomic E-state index is 11.3. The van der Waals surface area contributed by atoms with Crippen LogP contribution in [0, 0.1) is 5.41 Å². The number of esters is 2. The van der Waals surface area contributed by atoms with Crippen LogP contribution in [0.3, 0.4) is 0 Å². The van der Waals surface area contributed by atoms with Gasteiger partial charge in [0, 0.05) is 0 Å². The molecular weight excluding hydrogens is 216 g/mol. The van der Waals surface area contributed by atoms with Gasteiger partial charge in [0.1, 0.15) is 0 Å². The van der Waals surface area contributed by atoms with Crippen LogP contribution >= 0.6 is 0 Å². The molecule has 0 fully saturated rings. The molecule has 0 saturated carbocycles. The number of hydrogen-bond donors (Lipinski definition) is 0. The van der Waals surface area contributed by atoms with Gasteiger partial charge in [-0.25, -0.2) is 4.79 Å². The molecule has 0 aromatic rings. The zero-order valence-corrected chi connectivity index (χ0v) is 10.8. The first-order valence-electron chi connectivity index (χ1n) is 4.60. The van der Waals surface area contributed by atoms with E-state index in [-0.39, 0.29) is 29.6 Å². The molecular formula is C10H19O4S+. The highest BCUT2D eigenvalue weighted by Gasteiger charge is 2.23. The molecule has 0 aliphatic rings. The summed E-state index contributed by atoms with van der Waals surface area (Å²) in [6.07, 6.45) is 3.89. The molecule has 88 valence electrons. The zero-order chi connectivity index (χ0) is 12.1. The van der Waals surface area contributed by atoms with E-state index >= 15 is 0 Å². The Hall–Kier alpha value is -0.710. The SMILES string of the molecule is C[S+](C)CC(=O)OCOC(=O)C(C)(C)C. The van der Waals surface area contributed by atoms with Gasteiger partial charge in [-0.05, 0) is 31.7 Å². The first-order valence-corrected chi connectivity index (χ1v) is 6.81. The molecule has 0 aliphatic carbocycles. The lowest BCUT2D eigenvalue weighted by Gasteiger charge is -2.15. The molecule has 0 radical (unpaired) electrons.